The number of carbonyl (C=O) groups excluding carboxylic acids is 1. The highest BCUT2D eigenvalue weighted by molar-refractivity contribution is 9.10. The number of carbonyl (C=O) groups is 1. The highest BCUT2D eigenvalue weighted by Crippen LogP contribution is 2.27. The van der Waals surface area contributed by atoms with Crippen molar-refractivity contribution in [3.05, 3.63) is 32.5 Å². The van der Waals surface area contributed by atoms with Gasteiger partial charge in [0.25, 0.3) is 0 Å². The van der Waals surface area contributed by atoms with Crippen LogP contribution in [0.15, 0.2) is 16.9 Å². The highest BCUT2D eigenvalue weighted by Gasteiger charge is 2.24. The molecule has 0 aromatic carbocycles. The zero-order valence-electron chi connectivity index (χ0n) is 7.06. The van der Waals surface area contributed by atoms with E-state index >= 15 is 0 Å². The first-order chi connectivity index (χ1) is 6.57. The second-order valence-corrected chi connectivity index (χ2v) is 3.12. The highest BCUT2D eigenvalue weighted by atomic mass is 79.9. The molecule has 7 heteroatoms. The molecule has 0 spiro atoms. The minimum absolute atomic E-state index is 0.144. The van der Waals surface area contributed by atoms with Gasteiger partial charge in [-0.3, -0.25) is 15.1 Å². The third kappa shape index (κ3) is 1.87. The Morgan fingerprint density at radius 2 is 2.29 bits per heavy atom. The average Bonchev–Trinajstić information content (AvgIpc) is 2.15. The fraction of sp³-hybridized carbons (Fsp3) is 0.143. The normalized spacial score (nSPS) is 9.57. The predicted molar refractivity (Wildman–Crippen MR) is 49.9 cm³/mol. The van der Waals surface area contributed by atoms with Crippen LogP contribution in [0, 0.1) is 10.1 Å². The van der Waals surface area contributed by atoms with Crippen molar-refractivity contribution in [2.75, 3.05) is 7.11 Å². The number of esters is 1. The summed E-state index contributed by atoms with van der Waals surface area (Å²) in [7, 11) is 1.15. The Morgan fingerprint density at radius 3 is 2.79 bits per heavy atom. The van der Waals surface area contributed by atoms with Gasteiger partial charge in [0, 0.05) is 12.4 Å². The molecule has 0 aliphatic rings. The molecule has 0 saturated heterocycles. The molecular weight excluding hydrogens is 256 g/mol. The minimum atomic E-state index is -0.787. The van der Waals surface area contributed by atoms with E-state index < -0.39 is 10.9 Å². The third-order valence-corrected chi connectivity index (χ3v) is 2.04. The minimum Gasteiger partial charge on any atom is -0.465 e. The van der Waals surface area contributed by atoms with Crippen LogP contribution in [0.3, 0.4) is 0 Å². The molecule has 1 aromatic rings. The summed E-state index contributed by atoms with van der Waals surface area (Å²) in [6.45, 7) is 0. The standard InChI is InChI=1S/C7H5BrN2O4/c1-14-7(11)4-2-9-3-5(8)6(4)10(12)13/h2-3H,1H3. The van der Waals surface area contributed by atoms with Gasteiger partial charge < -0.3 is 4.74 Å². The van der Waals surface area contributed by atoms with E-state index in [1.54, 1.807) is 0 Å². The molecule has 1 rings (SSSR count). The van der Waals surface area contributed by atoms with E-state index in [1.807, 2.05) is 0 Å². The van der Waals surface area contributed by atoms with Crippen LogP contribution in [-0.2, 0) is 4.74 Å². The van der Waals surface area contributed by atoms with Crippen molar-refractivity contribution in [3.8, 4) is 0 Å². The van der Waals surface area contributed by atoms with E-state index in [1.165, 1.54) is 6.20 Å². The summed E-state index contributed by atoms with van der Waals surface area (Å²) >= 11 is 2.93. The van der Waals surface area contributed by atoms with Crippen LogP contribution in [0.25, 0.3) is 0 Å². The molecule has 0 unspecified atom stereocenters. The number of nitrogens with zero attached hydrogens (tertiary/aromatic N) is 2. The monoisotopic (exact) mass is 260 g/mol. The molecule has 0 aliphatic heterocycles. The fourth-order valence-electron chi connectivity index (χ4n) is 0.873. The maximum atomic E-state index is 11.1. The molecule has 0 radical (unpaired) electrons. The Morgan fingerprint density at radius 1 is 1.64 bits per heavy atom. The lowest BCUT2D eigenvalue weighted by atomic mass is 10.2. The Hall–Kier alpha value is -1.50. The molecule has 0 bridgehead atoms. The molecule has 0 aliphatic carbocycles. The molecule has 0 fully saturated rings. The van der Waals surface area contributed by atoms with E-state index in [0.717, 1.165) is 13.3 Å². The van der Waals surface area contributed by atoms with Crippen molar-refractivity contribution in [3.63, 3.8) is 0 Å². The van der Waals surface area contributed by atoms with E-state index in [0.29, 0.717) is 0 Å². The van der Waals surface area contributed by atoms with Gasteiger partial charge in [-0.15, -0.1) is 0 Å². The number of hydrogen-bond donors (Lipinski definition) is 0. The fourth-order valence-corrected chi connectivity index (χ4v) is 1.35. The van der Waals surface area contributed by atoms with E-state index in [9.17, 15) is 14.9 Å². The molecule has 1 heterocycles. The zero-order chi connectivity index (χ0) is 10.7. The number of hydrogen-bond acceptors (Lipinski definition) is 5. The van der Waals surface area contributed by atoms with Crippen LogP contribution >= 0.6 is 15.9 Å². The lowest BCUT2D eigenvalue weighted by Crippen LogP contribution is -2.06. The van der Waals surface area contributed by atoms with Crippen LogP contribution in [0.5, 0.6) is 0 Å². The number of halogens is 1. The van der Waals surface area contributed by atoms with Crippen molar-refractivity contribution in [2.45, 2.75) is 0 Å². The Labute approximate surface area is 87.2 Å². The van der Waals surface area contributed by atoms with Crippen molar-refractivity contribution < 1.29 is 14.5 Å². The lowest BCUT2D eigenvalue weighted by Gasteiger charge is -2.00. The van der Waals surface area contributed by atoms with E-state index in [4.69, 9.17) is 0 Å². The van der Waals surface area contributed by atoms with Gasteiger partial charge in [0.2, 0.25) is 0 Å². The third-order valence-electron chi connectivity index (χ3n) is 1.46. The zero-order valence-corrected chi connectivity index (χ0v) is 8.65. The summed E-state index contributed by atoms with van der Waals surface area (Å²) in [6, 6.07) is 0. The first kappa shape index (κ1) is 10.6. The lowest BCUT2D eigenvalue weighted by molar-refractivity contribution is -0.386. The van der Waals surface area contributed by atoms with E-state index in [-0.39, 0.29) is 15.7 Å². The van der Waals surface area contributed by atoms with Gasteiger partial charge >= 0.3 is 11.7 Å². The predicted octanol–water partition coefficient (Wildman–Crippen LogP) is 1.54. The summed E-state index contributed by atoms with van der Waals surface area (Å²) in [6.07, 6.45) is 2.33. The van der Waals surface area contributed by atoms with Crippen LogP contribution < -0.4 is 0 Å². The maximum absolute atomic E-state index is 11.1. The molecule has 0 N–H and O–H groups in total. The molecule has 0 amide bonds. The van der Waals surface area contributed by atoms with Crippen molar-refractivity contribution in [1.82, 2.24) is 4.98 Å². The maximum Gasteiger partial charge on any atom is 0.346 e. The van der Waals surface area contributed by atoms with Crippen LogP contribution in [0.4, 0.5) is 5.69 Å². The molecular formula is C7H5BrN2O4. The average molecular weight is 261 g/mol. The summed E-state index contributed by atoms with van der Waals surface area (Å²) in [5.41, 5.74) is -0.515. The summed E-state index contributed by atoms with van der Waals surface area (Å²) < 4.78 is 4.52. The molecule has 6 nitrogen and oxygen atoms in total. The van der Waals surface area contributed by atoms with Crippen LogP contribution in [0.2, 0.25) is 0 Å². The molecule has 0 saturated carbocycles. The second-order valence-electron chi connectivity index (χ2n) is 2.27. The first-order valence-corrected chi connectivity index (χ1v) is 4.23. The largest absolute Gasteiger partial charge is 0.465 e. The van der Waals surface area contributed by atoms with Crippen molar-refractivity contribution in [2.24, 2.45) is 0 Å². The summed E-state index contributed by atoms with van der Waals surface area (Å²) in [5.74, 6) is -0.787. The SMILES string of the molecule is COC(=O)c1cncc(Br)c1[N+](=O)[O-]. The van der Waals surface area contributed by atoms with Gasteiger partial charge in [-0.05, 0) is 15.9 Å². The topological polar surface area (TPSA) is 82.3 Å². The van der Waals surface area contributed by atoms with Gasteiger partial charge in [0.05, 0.1) is 12.0 Å². The number of aromatic nitrogens is 1. The Bertz CT molecular complexity index is 393. The Balaban J connectivity index is 3.35. The van der Waals surface area contributed by atoms with Crippen LogP contribution in [0.1, 0.15) is 10.4 Å². The molecule has 74 valence electrons. The first-order valence-electron chi connectivity index (χ1n) is 3.44. The Kier molecular flexibility index (Phi) is 3.13. The summed E-state index contributed by atoms with van der Waals surface area (Å²) in [4.78, 5) is 24.7. The summed E-state index contributed by atoms with van der Waals surface area (Å²) in [5, 5.41) is 10.6. The number of rotatable bonds is 2. The number of methoxy groups -OCH3 is 1. The molecule has 0 atom stereocenters. The van der Waals surface area contributed by atoms with Crippen molar-refractivity contribution >= 4 is 27.6 Å². The van der Waals surface area contributed by atoms with Gasteiger partial charge in [-0.1, -0.05) is 0 Å². The smallest absolute Gasteiger partial charge is 0.346 e. The number of ether oxygens (including phenoxy) is 1. The van der Waals surface area contributed by atoms with Gasteiger partial charge in [0.15, 0.2) is 5.56 Å². The molecule has 1 aromatic heterocycles. The number of pyridine rings is 1. The van der Waals surface area contributed by atoms with Crippen LogP contribution in [-0.4, -0.2) is 23.0 Å². The molecule has 14 heavy (non-hydrogen) atoms. The number of nitro groups is 1. The second kappa shape index (κ2) is 4.14. The van der Waals surface area contributed by atoms with Gasteiger partial charge in [0.1, 0.15) is 4.47 Å². The quantitative estimate of drug-likeness (QED) is 0.458. The van der Waals surface area contributed by atoms with E-state index in [2.05, 4.69) is 25.7 Å². The van der Waals surface area contributed by atoms with Gasteiger partial charge in [-0.25, -0.2) is 4.79 Å². The van der Waals surface area contributed by atoms with Crippen molar-refractivity contribution in [1.29, 1.82) is 0 Å². The van der Waals surface area contributed by atoms with Gasteiger partial charge in [-0.2, -0.15) is 0 Å².